The molecule has 2 aliphatic heterocycles. The number of ether oxygens (including phenoxy) is 1. The first-order chi connectivity index (χ1) is 12.6. The Morgan fingerprint density at radius 3 is 2.54 bits per heavy atom. The van der Waals surface area contributed by atoms with Crippen molar-refractivity contribution in [2.24, 2.45) is 35.0 Å². The number of likely N-dealkylation sites (tertiary alicyclic amines) is 2. The summed E-state index contributed by atoms with van der Waals surface area (Å²) >= 11 is 0. The summed E-state index contributed by atoms with van der Waals surface area (Å²) in [6, 6.07) is 0. The molecule has 26 heavy (non-hydrogen) atoms. The summed E-state index contributed by atoms with van der Waals surface area (Å²) in [4.78, 5) is 29.6. The van der Waals surface area contributed by atoms with Gasteiger partial charge in [-0.1, -0.05) is 0 Å². The molecule has 5 nitrogen and oxygen atoms in total. The highest BCUT2D eigenvalue weighted by Gasteiger charge is 2.68. The number of rotatable bonds is 5. The average Bonchev–Trinajstić information content (AvgIpc) is 2.91. The molecule has 1 spiro atoms. The summed E-state index contributed by atoms with van der Waals surface area (Å²) in [5, 5.41) is 0. The molecule has 0 aromatic rings. The quantitative estimate of drug-likeness (QED) is 0.706. The highest BCUT2D eigenvalue weighted by molar-refractivity contribution is 5.83. The zero-order chi connectivity index (χ0) is 17.9. The van der Waals surface area contributed by atoms with Crippen LogP contribution in [-0.2, 0) is 14.3 Å². The van der Waals surface area contributed by atoms with Crippen LogP contribution in [0.2, 0.25) is 0 Å². The van der Waals surface area contributed by atoms with Crippen molar-refractivity contribution in [3.63, 3.8) is 0 Å². The lowest BCUT2D eigenvalue weighted by molar-refractivity contribution is -0.135. The van der Waals surface area contributed by atoms with Gasteiger partial charge in [-0.2, -0.15) is 0 Å². The smallest absolute Gasteiger partial charge is 0.226 e. The van der Waals surface area contributed by atoms with Crippen LogP contribution in [0.1, 0.15) is 44.9 Å². The molecule has 5 heteroatoms. The highest BCUT2D eigenvalue weighted by atomic mass is 16.5. The first-order valence-corrected chi connectivity index (χ1v) is 10.7. The van der Waals surface area contributed by atoms with Gasteiger partial charge in [0.15, 0.2) is 0 Å². The summed E-state index contributed by atoms with van der Waals surface area (Å²) in [6.07, 6.45) is 7.75. The maximum atomic E-state index is 13.0. The first kappa shape index (κ1) is 17.0. The zero-order valence-corrected chi connectivity index (χ0v) is 16.0. The van der Waals surface area contributed by atoms with Crippen LogP contribution in [0.15, 0.2) is 0 Å². The minimum atomic E-state index is 0.124. The van der Waals surface area contributed by atoms with Gasteiger partial charge in [0.05, 0.1) is 0 Å². The van der Waals surface area contributed by atoms with Crippen molar-refractivity contribution >= 4 is 11.8 Å². The molecule has 5 fully saturated rings. The molecule has 4 unspecified atom stereocenters. The predicted molar refractivity (Wildman–Crippen MR) is 97.2 cm³/mol. The molecule has 3 saturated carbocycles. The molecule has 5 rings (SSSR count). The molecule has 0 N–H and O–H groups in total. The van der Waals surface area contributed by atoms with Crippen molar-refractivity contribution in [1.29, 1.82) is 0 Å². The van der Waals surface area contributed by atoms with E-state index in [0.717, 1.165) is 69.1 Å². The average molecular weight is 360 g/mol. The van der Waals surface area contributed by atoms with Crippen LogP contribution in [0, 0.1) is 35.0 Å². The Kier molecular flexibility index (Phi) is 4.07. The fraction of sp³-hybridized carbons (Fsp3) is 0.905. The van der Waals surface area contributed by atoms with Crippen molar-refractivity contribution in [1.82, 2.24) is 9.80 Å². The second-order valence-electron chi connectivity index (χ2n) is 9.68. The number of nitrogens with zero attached hydrogens (tertiary/aromatic N) is 2. The summed E-state index contributed by atoms with van der Waals surface area (Å²) < 4.78 is 5.11. The van der Waals surface area contributed by atoms with Crippen LogP contribution in [0.25, 0.3) is 0 Å². The molecule has 144 valence electrons. The highest BCUT2D eigenvalue weighted by Crippen LogP contribution is 2.69. The van der Waals surface area contributed by atoms with E-state index >= 15 is 0 Å². The normalized spacial score (nSPS) is 39.7. The summed E-state index contributed by atoms with van der Waals surface area (Å²) in [5.74, 6) is 4.32. The van der Waals surface area contributed by atoms with Crippen LogP contribution >= 0.6 is 0 Å². The lowest BCUT2D eigenvalue weighted by Gasteiger charge is -2.39. The van der Waals surface area contributed by atoms with E-state index in [4.69, 9.17) is 4.74 Å². The lowest BCUT2D eigenvalue weighted by Crippen LogP contribution is -2.45. The minimum Gasteiger partial charge on any atom is -0.385 e. The van der Waals surface area contributed by atoms with Gasteiger partial charge in [-0.05, 0) is 62.2 Å². The molecule has 2 saturated heterocycles. The molecule has 2 bridgehead atoms. The van der Waals surface area contributed by atoms with Gasteiger partial charge in [-0.25, -0.2) is 0 Å². The van der Waals surface area contributed by atoms with E-state index in [-0.39, 0.29) is 5.41 Å². The maximum Gasteiger partial charge on any atom is 0.226 e. The fourth-order valence-corrected chi connectivity index (χ4v) is 6.99. The van der Waals surface area contributed by atoms with E-state index in [1.165, 1.54) is 19.3 Å². The molecule has 4 atom stereocenters. The third kappa shape index (κ3) is 2.61. The largest absolute Gasteiger partial charge is 0.385 e. The van der Waals surface area contributed by atoms with Gasteiger partial charge in [-0.15, -0.1) is 0 Å². The van der Waals surface area contributed by atoms with Crippen molar-refractivity contribution in [2.75, 3.05) is 39.9 Å². The molecular weight excluding hydrogens is 328 g/mol. The van der Waals surface area contributed by atoms with Gasteiger partial charge in [0.2, 0.25) is 11.8 Å². The van der Waals surface area contributed by atoms with Gasteiger partial charge in [-0.3, -0.25) is 9.59 Å². The van der Waals surface area contributed by atoms with E-state index in [1.807, 2.05) is 4.90 Å². The Morgan fingerprint density at radius 2 is 1.88 bits per heavy atom. The molecule has 5 aliphatic rings. The van der Waals surface area contributed by atoms with Crippen molar-refractivity contribution < 1.29 is 14.3 Å². The Bertz CT molecular complexity index is 582. The van der Waals surface area contributed by atoms with Crippen LogP contribution in [0.5, 0.6) is 0 Å². The van der Waals surface area contributed by atoms with Gasteiger partial charge >= 0.3 is 0 Å². The second kappa shape index (κ2) is 6.22. The third-order valence-electron chi connectivity index (χ3n) is 8.34. The van der Waals surface area contributed by atoms with Crippen LogP contribution in [0.4, 0.5) is 0 Å². The van der Waals surface area contributed by atoms with Crippen molar-refractivity contribution in [2.45, 2.75) is 44.9 Å². The van der Waals surface area contributed by atoms with Crippen LogP contribution in [0.3, 0.4) is 0 Å². The molecule has 3 aliphatic carbocycles. The SMILES string of the molecule is COCCCN1CC2(CCN(C(=O)C3C4C5CCC(C5)C34)CC2)CC1=O. The summed E-state index contributed by atoms with van der Waals surface area (Å²) in [7, 11) is 1.71. The Hall–Kier alpha value is -1.10. The number of piperidine rings is 1. The molecule has 2 heterocycles. The van der Waals surface area contributed by atoms with E-state index in [2.05, 4.69) is 4.90 Å². The zero-order valence-electron chi connectivity index (χ0n) is 16.0. The third-order valence-corrected chi connectivity index (χ3v) is 8.34. The number of amides is 2. The van der Waals surface area contributed by atoms with Crippen LogP contribution < -0.4 is 0 Å². The van der Waals surface area contributed by atoms with Gasteiger partial charge in [0, 0.05) is 57.6 Å². The van der Waals surface area contributed by atoms with Gasteiger partial charge in [0.25, 0.3) is 0 Å². The first-order valence-electron chi connectivity index (χ1n) is 10.7. The van der Waals surface area contributed by atoms with E-state index in [9.17, 15) is 9.59 Å². The molecule has 0 aromatic heterocycles. The number of hydrogen-bond acceptors (Lipinski definition) is 3. The second-order valence-corrected chi connectivity index (χ2v) is 9.68. The molecule has 2 amide bonds. The maximum absolute atomic E-state index is 13.0. The number of methoxy groups -OCH3 is 1. The monoisotopic (exact) mass is 360 g/mol. The van der Waals surface area contributed by atoms with E-state index < -0.39 is 0 Å². The molecular formula is C21H32N2O3. The number of hydrogen-bond donors (Lipinski definition) is 0. The van der Waals surface area contributed by atoms with Crippen LogP contribution in [-0.4, -0.2) is 61.5 Å². The predicted octanol–water partition coefficient (Wildman–Crippen LogP) is 2.16. The van der Waals surface area contributed by atoms with E-state index in [1.54, 1.807) is 7.11 Å². The minimum absolute atomic E-state index is 0.124. The topological polar surface area (TPSA) is 49.9 Å². The standard InChI is InChI=1S/C21H32N2O3/c1-26-10-2-7-23-13-21(12-16(23)24)5-8-22(9-6-21)20(25)19-17-14-3-4-15(11-14)18(17)19/h14-15,17-19H,2-13H2,1H3. The molecule has 0 aromatic carbocycles. The van der Waals surface area contributed by atoms with E-state index in [0.29, 0.717) is 30.8 Å². The fourth-order valence-electron chi connectivity index (χ4n) is 6.99. The Morgan fingerprint density at radius 1 is 1.19 bits per heavy atom. The van der Waals surface area contributed by atoms with Crippen molar-refractivity contribution in [3.8, 4) is 0 Å². The number of fused-ring (bicyclic) bond motifs is 5. The lowest BCUT2D eigenvalue weighted by atomic mass is 9.77. The van der Waals surface area contributed by atoms with Gasteiger partial charge < -0.3 is 14.5 Å². The Balaban J connectivity index is 1.15. The summed E-state index contributed by atoms with van der Waals surface area (Å²) in [6.45, 7) is 4.14. The molecule has 0 radical (unpaired) electrons. The Labute approximate surface area is 156 Å². The number of carbonyl (C=O) groups excluding carboxylic acids is 2. The number of carbonyl (C=O) groups is 2. The van der Waals surface area contributed by atoms with Gasteiger partial charge in [0.1, 0.15) is 0 Å². The van der Waals surface area contributed by atoms with Crippen molar-refractivity contribution in [3.05, 3.63) is 0 Å². The summed E-state index contributed by atoms with van der Waals surface area (Å²) in [5.41, 5.74) is 0.124.